The van der Waals surface area contributed by atoms with Crippen LogP contribution in [0.3, 0.4) is 0 Å². The molecule has 6 heteroatoms. The number of benzene rings is 1. The molecule has 0 unspecified atom stereocenters. The van der Waals surface area contributed by atoms with Crippen molar-refractivity contribution in [3.8, 4) is 11.1 Å². The molecule has 2 aliphatic rings. The van der Waals surface area contributed by atoms with Crippen LogP contribution in [0.1, 0.15) is 21.7 Å². The fraction of sp³-hybridized carbons (Fsp3) is 0.368. The summed E-state index contributed by atoms with van der Waals surface area (Å²) in [5, 5.41) is 1.94. The van der Waals surface area contributed by atoms with E-state index in [0.717, 1.165) is 21.6 Å². The maximum Gasteiger partial charge on any atom is 0.410 e. The number of aryl methyl sites for hydroxylation is 1. The molecule has 0 saturated carbocycles. The summed E-state index contributed by atoms with van der Waals surface area (Å²) < 4.78 is 5.55. The predicted octanol–water partition coefficient (Wildman–Crippen LogP) is 3.39. The summed E-state index contributed by atoms with van der Waals surface area (Å²) in [5.41, 5.74) is 2.27. The van der Waals surface area contributed by atoms with Gasteiger partial charge < -0.3 is 14.5 Å². The third-order valence-corrected chi connectivity index (χ3v) is 5.92. The van der Waals surface area contributed by atoms with Gasteiger partial charge in [0.2, 0.25) is 0 Å². The van der Waals surface area contributed by atoms with Gasteiger partial charge >= 0.3 is 6.09 Å². The Labute approximate surface area is 150 Å². The molecule has 2 saturated heterocycles. The summed E-state index contributed by atoms with van der Waals surface area (Å²) in [6.07, 6.45) is 0.393. The first-order chi connectivity index (χ1) is 12.0. The van der Waals surface area contributed by atoms with Crippen molar-refractivity contribution in [3.63, 3.8) is 0 Å². The molecule has 2 fully saturated rings. The Morgan fingerprint density at radius 3 is 2.68 bits per heavy atom. The van der Waals surface area contributed by atoms with Crippen LogP contribution in [-0.2, 0) is 4.74 Å². The number of carbonyl (C=O) groups is 2. The monoisotopic (exact) mass is 356 g/mol. The molecule has 2 amide bonds. The second-order valence-electron chi connectivity index (χ2n) is 6.83. The molecule has 3 heterocycles. The number of nitrogens with zero attached hydrogens (tertiary/aromatic N) is 2. The maximum absolute atomic E-state index is 13.1. The molecule has 1 spiro atoms. The molecule has 0 radical (unpaired) electrons. The number of ether oxygens (including phenoxy) is 1. The summed E-state index contributed by atoms with van der Waals surface area (Å²) in [7, 11) is 1.73. The van der Waals surface area contributed by atoms with Crippen molar-refractivity contribution in [3.05, 3.63) is 46.2 Å². The second kappa shape index (κ2) is 5.88. The van der Waals surface area contributed by atoms with Gasteiger partial charge in [-0.15, -0.1) is 11.3 Å². The van der Waals surface area contributed by atoms with E-state index in [1.807, 2.05) is 47.5 Å². The Bertz CT molecular complexity index is 832. The van der Waals surface area contributed by atoms with Gasteiger partial charge in [0.15, 0.2) is 5.60 Å². The lowest BCUT2D eigenvalue weighted by atomic mass is 10.0. The average Bonchev–Trinajstić information content (AvgIpc) is 3.26. The van der Waals surface area contributed by atoms with Crippen LogP contribution in [0.4, 0.5) is 4.79 Å². The molecule has 0 N–H and O–H groups in total. The van der Waals surface area contributed by atoms with E-state index in [9.17, 15) is 9.59 Å². The molecule has 4 rings (SSSR count). The number of rotatable bonds is 2. The Hall–Kier alpha value is -2.34. The fourth-order valence-electron chi connectivity index (χ4n) is 3.77. The summed E-state index contributed by atoms with van der Waals surface area (Å²) in [6, 6.07) is 10.0. The van der Waals surface area contributed by atoms with E-state index in [1.165, 1.54) is 0 Å². The van der Waals surface area contributed by atoms with Gasteiger partial charge in [0.25, 0.3) is 5.91 Å². The van der Waals surface area contributed by atoms with Crippen LogP contribution in [0.2, 0.25) is 0 Å². The van der Waals surface area contributed by atoms with Crippen LogP contribution in [0, 0.1) is 6.92 Å². The standard InChI is InChI=1S/C19H20N2O3S/c1-13-16(14-6-4-3-5-7-14)15(10-25-13)17(22)21-9-8-19(12-21)11-20(2)18(23)24-19/h3-7,10H,8-9,11-12H2,1-2H3/t19-/m0/s1. The van der Waals surface area contributed by atoms with Crippen molar-refractivity contribution in [1.29, 1.82) is 0 Å². The highest BCUT2D eigenvalue weighted by molar-refractivity contribution is 7.10. The highest BCUT2D eigenvalue weighted by atomic mass is 32.1. The first-order valence-corrected chi connectivity index (χ1v) is 9.24. The van der Waals surface area contributed by atoms with E-state index in [0.29, 0.717) is 26.1 Å². The van der Waals surface area contributed by atoms with Crippen LogP contribution in [0.15, 0.2) is 35.7 Å². The van der Waals surface area contributed by atoms with Crippen molar-refractivity contribution in [2.45, 2.75) is 18.9 Å². The molecule has 5 nitrogen and oxygen atoms in total. The number of likely N-dealkylation sites (tertiary alicyclic amines) is 1. The zero-order valence-corrected chi connectivity index (χ0v) is 15.1. The lowest BCUT2D eigenvalue weighted by Crippen LogP contribution is -2.39. The topological polar surface area (TPSA) is 49.9 Å². The van der Waals surface area contributed by atoms with Crippen LogP contribution in [0.25, 0.3) is 11.1 Å². The van der Waals surface area contributed by atoms with Gasteiger partial charge in [-0.05, 0) is 12.5 Å². The van der Waals surface area contributed by atoms with E-state index in [2.05, 4.69) is 0 Å². The van der Waals surface area contributed by atoms with Crippen molar-refractivity contribution in [1.82, 2.24) is 9.80 Å². The quantitative estimate of drug-likeness (QED) is 0.829. The molecule has 2 aromatic rings. The zero-order chi connectivity index (χ0) is 17.6. The number of hydrogen-bond donors (Lipinski definition) is 0. The maximum atomic E-state index is 13.1. The van der Waals surface area contributed by atoms with Crippen molar-refractivity contribution >= 4 is 23.3 Å². The lowest BCUT2D eigenvalue weighted by Gasteiger charge is -2.22. The zero-order valence-electron chi connectivity index (χ0n) is 14.3. The van der Waals surface area contributed by atoms with Gasteiger partial charge in [0, 0.05) is 35.8 Å². The van der Waals surface area contributed by atoms with Crippen molar-refractivity contribution in [2.75, 3.05) is 26.7 Å². The molecule has 1 atom stereocenters. The van der Waals surface area contributed by atoms with Gasteiger partial charge in [-0.2, -0.15) is 0 Å². The number of carbonyl (C=O) groups excluding carboxylic acids is 2. The predicted molar refractivity (Wildman–Crippen MR) is 96.9 cm³/mol. The number of hydrogen-bond acceptors (Lipinski definition) is 4. The first-order valence-electron chi connectivity index (χ1n) is 8.36. The summed E-state index contributed by atoms with van der Waals surface area (Å²) >= 11 is 1.60. The minimum atomic E-state index is -0.542. The minimum absolute atomic E-state index is 0.0191. The highest BCUT2D eigenvalue weighted by Crippen LogP contribution is 2.36. The summed E-state index contributed by atoms with van der Waals surface area (Å²) in [4.78, 5) is 29.4. The summed E-state index contributed by atoms with van der Waals surface area (Å²) in [5.74, 6) is 0.0191. The Morgan fingerprint density at radius 1 is 1.24 bits per heavy atom. The third kappa shape index (κ3) is 2.70. The molecular weight excluding hydrogens is 336 g/mol. The highest BCUT2D eigenvalue weighted by Gasteiger charge is 2.49. The second-order valence-corrected chi connectivity index (χ2v) is 7.91. The van der Waals surface area contributed by atoms with E-state index in [4.69, 9.17) is 4.74 Å². The van der Waals surface area contributed by atoms with Crippen molar-refractivity contribution < 1.29 is 14.3 Å². The minimum Gasteiger partial charge on any atom is -0.439 e. The van der Waals surface area contributed by atoms with Crippen molar-refractivity contribution in [2.24, 2.45) is 0 Å². The molecule has 0 aliphatic carbocycles. The molecule has 0 bridgehead atoms. The normalized spacial score (nSPS) is 22.7. The van der Waals surface area contributed by atoms with Crippen LogP contribution < -0.4 is 0 Å². The first kappa shape index (κ1) is 16.1. The van der Waals surface area contributed by atoms with Gasteiger partial charge in [-0.25, -0.2) is 4.79 Å². The van der Waals surface area contributed by atoms with Gasteiger partial charge in [0.1, 0.15) is 0 Å². The third-order valence-electron chi connectivity index (χ3n) is 5.01. The number of amides is 2. The molecule has 1 aromatic carbocycles. The Kier molecular flexibility index (Phi) is 3.80. The van der Waals surface area contributed by atoms with Gasteiger partial charge in [-0.3, -0.25) is 4.79 Å². The van der Waals surface area contributed by atoms with E-state index >= 15 is 0 Å². The fourth-order valence-corrected chi connectivity index (χ4v) is 4.63. The molecule has 130 valence electrons. The largest absolute Gasteiger partial charge is 0.439 e. The van der Waals surface area contributed by atoms with Crippen LogP contribution >= 0.6 is 11.3 Å². The van der Waals surface area contributed by atoms with Crippen LogP contribution in [-0.4, -0.2) is 54.1 Å². The van der Waals surface area contributed by atoms with E-state index in [1.54, 1.807) is 23.3 Å². The average molecular weight is 356 g/mol. The Morgan fingerprint density at radius 2 is 2.00 bits per heavy atom. The molecular formula is C19H20N2O3S. The lowest BCUT2D eigenvalue weighted by molar-refractivity contribution is 0.0553. The SMILES string of the molecule is Cc1scc(C(=O)N2CC[C@]3(CN(C)C(=O)O3)C2)c1-c1ccccc1. The van der Waals surface area contributed by atoms with Crippen LogP contribution in [0.5, 0.6) is 0 Å². The van der Waals surface area contributed by atoms with Gasteiger partial charge in [0.05, 0.1) is 18.7 Å². The van der Waals surface area contributed by atoms with Gasteiger partial charge in [-0.1, -0.05) is 30.3 Å². The number of thiophene rings is 1. The van der Waals surface area contributed by atoms with E-state index < -0.39 is 5.60 Å². The molecule has 1 aromatic heterocycles. The van der Waals surface area contributed by atoms with E-state index in [-0.39, 0.29) is 12.0 Å². The smallest absolute Gasteiger partial charge is 0.410 e. The molecule has 2 aliphatic heterocycles. The summed E-state index contributed by atoms with van der Waals surface area (Å²) in [6.45, 7) is 3.67. The molecule has 25 heavy (non-hydrogen) atoms. The Balaban J connectivity index is 1.60. The number of likely N-dealkylation sites (N-methyl/N-ethyl adjacent to an activating group) is 1.